The first kappa shape index (κ1) is 14.0. The molecule has 0 N–H and O–H groups in total. The molecule has 0 aromatic rings. The number of ether oxygens (including phenoxy) is 1. The Kier molecular flexibility index (Phi) is 3.58. The third-order valence-electron chi connectivity index (χ3n) is 4.65. The summed E-state index contributed by atoms with van der Waals surface area (Å²) in [6, 6.07) is 0.664. The van der Waals surface area contributed by atoms with Crippen molar-refractivity contribution >= 4 is 5.78 Å². The van der Waals surface area contributed by atoms with Gasteiger partial charge < -0.3 is 4.74 Å². The van der Waals surface area contributed by atoms with Crippen LogP contribution in [-0.2, 0) is 9.53 Å². The van der Waals surface area contributed by atoms with Crippen molar-refractivity contribution in [3.05, 3.63) is 0 Å². The molecule has 2 rings (SSSR count). The van der Waals surface area contributed by atoms with Gasteiger partial charge in [0, 0.05) is 12.6 Å². The Morgan fingerprint density at radius 2 is 2.00 bits per heavy atom. The summed E-state index contributed by atoms with van der Waals surface area (Å²) in [5, 5.41) is 0. The van der Waals surface area contributed by atoms with Crippen LogP contribution >= 0.6 is 0 Å². The quantitative estimate of drug-likeness (QED) is 0.774. The van der Waals surface area contributed by atoms with Crippen molar-refractivity contribution < 1.29 is 9.53 Å². The van der Waals surface area contributed by atoms with Crippen LogP contribution in [0.1, 0.15) is 53.9 Å². The molecule has 0 aromatic heterocycles. The second-order valence-electron chi connectivity index (χ2n) is 6.83. The van der Waals surface area contributed by atoms with Crippen LogP contribution in [0.15, 0.2) is 0 Å². The minimum absolute atomic E-state index is 0.0136. The van der Waals surface area contributed by atoms with Gasteiger partial charge in [-0.2, -0.15) is 0 Å². The zero-order chi connectivity index (χ0) is 13.6. The van der Waals surface area contributed by atoms with Gasteiger partial charge in [-0.1, -0.05) is 6.92 Å². The van der Waals surface area contributed by atoms with E-state index in [0.717, 1.165) is 13.1 Å². The fraction of sp³-hybridized carbons (Fsp3) is 0.933. The summed E-state index contributed by atoms with van der Waals surface area (Å²) >= 11 is 0. The first-order chi connectivity index (χ1) is 8.28. The highest BCUT2D eigenvalue weighted by atomic mass is 16.5. The lowest BCUT2D eigenvalue weighted by molar-refractivity contribution is -0.132. The number of nitrogens with zero attached hydrogens (tertiary/aromatic N) is 1. The highest BCUT2D eigenvalue weighted by Gasteiger charge is 2.53. The summed E-state index contributed by atoms with van der Waals surface area (Å²) in [5.74, 6) is 0.286. The number of likely N-dealkylation sites (tertiary alicyclic amines) is 1. The molecular formula is C15H27NO2. The second-order valence-corrected chi connectivity index (χ2v) is 6.83. The Labute approximate surface area is 111 Å². The molecule has 18 heavy (non-hydrogen) atoms. The van der Waals surface area contributed by atoms with Gasteiger partial charge in [0.2, 0.25) is 0 Å². The Morgan fingerprint density at radius 3 is 2.50 bits per heavy atom. The molecule has 0 aliphatic carbocycles. The maximum absolute atomic E-state index is 12.5. The van der Waals surface area contributed by atoms with E-state index in [2.05, 4.69) is 25.7 Å². The van der Waals surface area contributed by atoms with Gasteiger partial charge in [0.25, 0.3) is 0 Å². The average molecular weight is 253 g/mol. The smallest absolute Gasteiger partial charge is 0.171 e. The molecule has 2 aliphatic heterocycles. The van der Waals surface area contributed by atoms with Gasteiger partial charge in [-0.3, -0.25) is 9.69 Å². The molecule has 3 heteroatoms. The molecule has 0 amide bonds. The van der Waals surface area contributed by atoms with E-state index in [1.807, 2.05) is 13.8 Å². The van der Waals surface area contributed by atoms with Gasteiger partial charge in [0.05, 0.1) is 11.5 Å². The van der Waals surface area contributed by atoms with Crippen LogP contribution in [0.3, 0.4) is 0 Å². The molecule has 2 heterocycles. The predicted molar refractivity (Wildman–Crippen MR) is 72.6 cm³/mol. The molecule has 3 nitrogen and oxygen atoms in total. The maximum Gasteiger partial charge on any atom is 0.171 e. The van der Waals surface area contributed by atoms with Gasteiger partial charge in [0.15, 0.2) is 5.78 Å². The van der Waals surface area contributed by atoms with Crippen molar-refractivity contribution in [2.75, 3.05) is 13.1 Å². The van der Waals surface area contributed by atoms with E-state index >= 15 is 0 Å². The molecule has 0 bridgehead atoms. The van der Waals surface area contributed by atoms with Crippen molar-refractivity contribution in [2.24, 2.45) is 5.92 Å². The Morgan fingerprint density at radius 1 is 1.33 bits per heavy atom. The third kappa shape index (κ3) is 2.35. The SMILES string of the molecule is CCC1CCCN1CC1C(=O)C(C)(C)OC1(C)C. The van der Waals surface area contributed by atoms with Crippen molar-refractivity contribution in [3.63, 3.8) is 0 Å². The highest BCUT2D eigenvalue weighted by molar-refractivity contribution is 5.91. The maximum atomic E-state index is 12.5. The van der Waals surface area contributed by atoms with Crippen LogP contribution in [0.25, 0.3) is 0 Å². The monoisotopic (exact) mass is 253 g/mol. The van der Waals surface area contributed by atoms with Crippen LogP contribution in [0, 0.1) is 5.92 Å². The third-order valence-corrected chi connectivity index (χ3v) is 4.65. The summed E-state index contributed by atoms with van der Waals surface area (Å²) < 4.78 is 5.96. The molecule has 2 aliphatic rings. The minimum Gasteiger partial charge on any atom is -0.361 e. The molecule has 2 unspecified atom stereocenters. The summed E-state index contributed by atoms with van der Waals surface area (Å²) in [6.07, 6.45) is 3.73. The highest BCUT2D eigenvalue weighted by Crippen LogP contribution is 2.40. The van der Waals surface area contributed by atoms with E-state index < -0.39 is 5.60 Å². The normalized spacial score (nSPS) is 35.3. The predicted octanol–water partition coefficient (Wildman–Crippen LogP) is 2.63. The molecule has 104 valence electrons. The lowest BCUT2D eigenvalue weighted by atomic mass is 9.85. The van der Waals surface area contributed by atoms with Gasteiger partial charge in [-0.25, -0.2) is 0 Å². The number of rotatable bonds is 3. The number of ketones is 1. The van der Waals surface area contributed by atoms with Crippen LogP contribution in [0.4, 0.5) is 0 Å². The number of carbonyl (C=O) groups is 1. The van der Waals surface area contributed by atoms with Crippen molar-refractivity contribution in [1.29, 1.82) is 0 Å². The Bertz CT molecular complexity index is 335. The number of hydrogen-bond donors (Lipinski definition) is 0. The molecule has 2 fully saturated rings. The first-order valence-electron chi connectivity index (χ1n) is 7.26. The van der Waals surface area contributed by atoms with E-state index in [9.17, 15) is 4.79 Å². The molecule has 2 saturated heterocycles. The molecule has 2 atom stereocenters. The fourth-order valence-corrected chi connectivity index (χ4v) is 3.65. The van der Waals surface area contributed by atoms with E-state index in [0.29, 0.717) is 6.04 Å². The molecule has 0 saturated carbocycles. The zero-order valence-corrected chi connectivity index (χ0v) is 12.5. The van der Waals surface area contributed by atoms with E-state index in [1.165, 1.54) is 19.3 Å². The van der Waals surface area contributed by atoms with Crippen molar-refractivity contribution in [3.8, 4) is 0 Å². The van der Waals surface area contributed by atoms with Crippen LogP contribution in [0.2, 0.25) is 0 Å². The average Bonchev–Trinajstić information content (AvgIpc) is 2.75. The van der Waals surface area contributed by atoms with Crippen LogP contribution in [-0.4, -0.2) is 41.0 Å². The summed E-state index contributed by atoms with van der Waals surface area (Å²) in [7, 11) is 0. The van der Waals surface area contributed by atoms with E-state index in [4.69, 9.17) is 4.74 Å². The zero-order valence-electron chi connectivity index (χ0n) is 12.5. The molecular weight excluding hydrogens is 226 g/mol. The minimum atomic E-state index is -0.615. The van der Waals surface area contributed by atoms with Gasteiger partial charge in [-0.15, -0.1) is 0 Å². The Balaban J connectivity index is 2.11. The van der Waals surface area contributed by atoms with E-state index in [-0.39, 0.29) is 17.3 Å². The number of hydrogen-bond acceptors (Lipinski definition) is 3. The summed E-state index contributed by atoms with van der Waals surface area (Å²) in [5.41, 5.74) is -0.947. The van der Waals surface area contributed by atoms with Gasteiger partial charge in [-0.05, 0) is 53.5 Å². The van der Waals surface area contributed by atoms with Crippen LogP contribution in [0.5, 0.6) is 0 Å². The second kappa shape index (κ2) is 4.61. The van der Waals surface area contributed by atoms with E-state index in [1.54, 1.807) is 0 Å². The standard InChI is InChI=1S/C15H27NO2/c1-6-11-8-7-9-16(11)10-12-13(17)15(4,5)18-14(12,2)3/h11-12H,6-10H2,1-5H3. The van der Waals surface area contributed by atoms with Crippen LogP contribution < -0.4 is 0 Å². The molecule has 0 spiro atoms. The summed E-state index contributed by atoms with van der Waals surface area (Å²) in [6.45, 7) is 12.2. The topological polar surface area (TPSA) is 29.5 Å². The van der Waals surface area contributed by atoms with Crippen molar-refractivity contribution in [1.82, 2.24) is 4.90 Å². The van der Waals surface area contributed by atoms with Gasteiger partial charge in [0.1, 0.15) is 5.60 Å². The van der Waals surface area contributed by atoms with Crippen molar-refractivity contribution in [2.45, 2.75) is 71.1 Å². The lowest BCUT2D eigenvalue weighted by Gasteiger charge is -2.31. The summed E-state index contributed by atoms with van der Waals surface area (Å²) in [4.78, 5) is 15.0. The Hall–Kier alpha value is -0.410. The lowest BCUT2D eigenvalue weighted by Crippen LogP contribution is -2.42. The first-order valence-corrected chi connectivity index (χ1v) is 7.26. The largest absolute Gasteiger partial charge is 0.361 e. The molecule has 0 aromatic carbocycles. The molecule has 0 radical (unpaired) electrons. The fourth-order valence-electron chi connectivity index (χ4n) is 3.65. The number of carbonyl (C=O) groups excluding carboxylic acids is 1. The number of Topliss-reactive ketones (excluding diaryl/α,β-unsaturated/α-hetero) is 1. The van der Waals surface area contributed by atoms with Gasteiger partial charge >= 0.3 is 0 Å².